The molecule has 0 aromatic heterocycles. The summed E-state index contributed by atoms with van der Waals surface area (Å²) in [5.74, 6) is 0. The van der Waals surface area contributed by atoms with Crippen molar-refractivity contribution < 1.29 is 21.8 Å². The van der Waals surface area contributed by atoms with Gasteiger partial charge < -0.3 is 0 Å². The average molecular weight is 342 g/mol. The van der Waals surface area contributed by atoms with Gasteiger partial charge in [0.15, 0.2) is 0 Å². The van der Waals surface area contributed by atoms with Gasteiger partial charge in [-0.3, -0.25) is 10.1 Å². The molecule has 116 valence electrons. The molecule has 0 amide bonds. The second-order valence-electron chi connectivity index (χ2n) is 4.27. The van der Waals surface area contributed by atoms with Crippen molar-refractivity contribution in [3.8, 4) is 0 Å². The third kappa shape index (κ3) is 3.13. The largest absolute Gasteiger partial charge is 0.269 e. The second-order valence-corrected chi connectivity index (χ2v) is 7.78. The number of benzene rings is 2. The molecule has 0 aliphatic heterocycles. The first-order valence-electron chi connectivity index (χ1n) is 5.75. The third-order valence-corrected chi connectivity index (χ3v) is 5.54. The van der Waals surface area contributed by atoms with Crippen LogP contribution in [-0.4, -0.2) is 21.8 Å². The third-order valence-electron chi connectivity index (χ3n) is 2.82. The maximum absolute atomic E-state index is 12.3. The molecule has 2 aromatic rings. The van der Waals surface area contributed by atoms with Crippen LogP contribution >= 0.6 is 0 Å². The monoisotopic (exact) mass is 342 g/mol. The highest BCUT2D eigenvalue weighted by Gasteiger charge is 2.19. The van der Waals surface area contributed by atoms with Gasteiger partial charge >= 0.3 is 0 Å². The summed E-state index contributed by atoms with van der Waals surface area (Å²) in [4.78, 5) is 9.41. The molecule has 0 radical (unpaired) electrons. The zero-order valence-electron chi connectivity index (χ0n) is 10.9. The van der Waals surface area contributed by atoms with Crippen LogP contribution in [0.25, 0.3) is 0 Å². The second kappa shape index (κ2) is 5.48. The number of hydrogen-bond donors (Lipinski definition) is 1. The van der Waals surface area contributed by atoms with Gasteiger partial charge in [-0.25, -0.2) is 22.0 Å². The molecule has 0 saturated carbocycles. The van der Waals surface area contributed by atoms with Crippen LogP contribution in [0.15, 0.2) is 63.2 Å². The van der Waals surface area contributed by atoms with Crippen LogP contribution in [-0.2, 0) is 19.9 Å². The standard InChI is InChI=1S/C12H10N2O6S2/c13-22(19,20)12-7-5-11(6-8-12)21(17,18)10-3-1-9(2-4-10)14(15)16/h1-8H,(H2,13,19,20). The molecule has 0 aliphatic carbocycles. The van der Waals surface area contributed by atoms with Crippen molar-refractivity contribution in [2.75, 3.05) is 0 Å². The van der Waals surface area contributed by atoms with Gasteiger partial charge in [0, 0.05) is 12.1 Å². The molecule has 2 N–H and O–H groups in total. The van der Waals surface area contributed by atoms with Crippen molar-refractivity contribution in [2.45, 2.75) is 14.7 Å². The number of rotatable bonds is 4. The first kappa shape index (κ1) is 16.1. The smallest absolute Gasteiger partial charge is 0.258 e. The van der Waals surface area contributed by atoms with E-state index in [1.165, 1.54) is 0 Å². The van der Waals surface area contributed by atoms with Crippen molar-refractivity contribution in [2.24, 2.45) is 5.14 Å². The van der Waals surface area contributed by atoms with Crippen LogP contribution in [0.2, 0.25) is 0 Å². The van der Waals surface area contributed by atoms with Gasteiger partial charge in [-0.15, -0.1) is 0 Å². The molecule has 0 atom stereocenters. The van der Waals surface area contributed by atoms with Crippen LogP contribution in [0.1, 0.15) is 0 Å². The summed E-state index contributed by atoms with van der Waals surface area (Å²) >= 11 is 0. The molecule has 0 bridgehead atoms. The summed E-state index contributed by atoms with van der Waals surface area (Å²) in [6.07, 6.45) is 0. The van der Waals surface area contributed by atoms with Gasteiger partial charge in [-0.05, 0) is 36.4 Å². The number of nitrogens with zero attached hydrogens (tertiary/aromatic N) is 1. The van der Waals surface area contributed by atoms with Gasteiger partial charge in [0.2, 0.25) is 19.9 Å². The molecule has 0 unspecified atom stereocenters. The Kier molecular flexibility index (Phi) is 4.00. The Morgan fingerprint density at radius 2 is 1.14 bits per heavy atom. The number of sulfonamides is 1. The first-order chi connectivity index (χ1) is 10.1. The number of primary sulfonamides is 1. The van der Waals surface area contributed by atoms with Crippen molar-refractivity contribution in [3.05, 3.63) is 58.6 Å². The van der Waals surface area contributed by atoms with Gasteiger partial charge in [0.1, 0.15) is 0 Å². The minimum absolute atomic E-state index is 0.138. The normalized spacial score (nSPS) is 12.0. The van der Waals surface area contributed by atoms with Crippen molar-refractivity contribution in [1.82, 2.24) is 0 Å². The van der Waals surface area contributed by atoms with E-state index in [9.17, 15) is 26.9 Å². The van der Waals surface area contributed by atoms with E-state index in [0.717, 1.165) is 48.5 Å². The maximum atomic E-state index is 12.3. The SMILES string of the molecule is NS(=O)(=O)c1ccc(S(=O)(=O)c2ccc([N+](=O)[O-])cc2)cc1. The van der Waals surface area contributed by atoms with Crippen molar-refractivity contribution in [1.29, 1.82) is 0 Å². The van der Waals surface area contributed by atoms with E-state index in [2.05, 4.69) is 0 Å². The van der Waals surface area contributed by atoms with Gasteiger partial charge in [0.05, 0.1) is 19.6 Å². The summed E-state index contributed by atoms with van der Waals surface area (Å²) in [6.45, 7) is 0. The number of nitrogens with two attached hydrogens (primary N) is 1. The molecule has 0 saturated heterocycles. The molecule has 2 aromatic carbocycles. The Labute approximate surface area is 126 Å². The van der Waals surface area contributed by atoms with Crippen LogP contribution < -0.4 is 5.14 Å². The summed E-state index contributed by atoms with van der Waals surface area (Å²) < 4.78 is 46.9. The molecule has 0 spiro atoms. The lowest BCUT2D eigenvalue weighted by atomic mass is 10.3. The van der Waals surface area contributed by atoms with Crippen LogP contribution in [0, 0.1) is 10.1 Å². The van der Waals surface area contributed by atoms with E-state index in [-0.39, 0.29) is 20.4 Å². The van der Waals surface area contributed by atoms with E-state index in [4.69, 9.17) is 5.14 Å². The average Bonchev–Trinajstić information content (AvgIpc) is 2.46. The Morgan fingerprint density at radius 3 is 1.50 bits per heavy atom. The highest BCUT2D eigenvalue weighted by Crippen LogP contribution is 2.23. The van der Waals surface area contributed by atoms with E-state index in [0.29, 0.717) is 0 Å². The fraction of sp³-hybridized carbons (Fsp3) is 0. The van der Waals surface area contributed by atoms with E-state index < -0.39 is 24.8 Å². The molecular weight excluding hydrogens is 332 g/mol. The van der Waals surface area contributed by atoms with Gasteiger partial charge in [-0.2, -0.15) is 0 Å². The maximum Gasteiger partial charge on any atom is 0.269 e. The zero-order chi connectivity index (χ0) is 16.5. The Balaban J connectivity index is 2.44. The predicted octanol–water partition coefficient (Wildman–Crippen LogP) is 1.08. The molecule has 0 fully saturated rings. The van der Waals surface area contributed by atoms with E-state index >= 15 is 0 Å². The van der Waals surface area contributed by atoms with Crippen LogP contribution in [0.3, 0.4) is 0 Å². The first-order valence-corrected chi connectivity index (χ1v) is 8.78. The highest BCUT2D eigenvalue weighted by atomic mass is 32.2. The Bertz CT molecular complexity index is 917. The summed E-state index contributed by atoms with van der Waals surface area (Å²) in [5.41, 5.74) is -0.233. The molecule has 0 aliphatic rings. The number of non-ortho nitro benzene ring substituents is 1. The Morgan fingerprint density at radius 1 is 0.773 bits per heavy atom. The molecule has 8 nitrogen and oxygen atoms in total. The van der Waals surface area contributed by atoms with Gasteiger partial charge in [-0.1, -0.05) is 0 Å². The lowest BCUT2D eigenvalue weighted by Gasteiger charge is -2.05. The van der Waals surface area contributed by atoms with Crippen molar-refractivity contribution >= 4 is 25.5 Å². The summed E-state index contributed by atoms with van der Waals surface area (Å²) in [6, 6.07) is 8.74. The summed E-state index contributed by atoms with van der Waals surface area (Å²) in [5, 5.41) is 15.5. The Hall–Kier alpha value is -2.30. The predicted molar refractivity (Wildman–Crippen MR) is 76.4 cm³/mol. The molecular formula is C12H10N2O6S2. The lowest BCUT2D eigenvalue weighted by Crippen LogP contribution is -2.12. The summed E-state index contributed by atoms with van der Waals surface area (Å²) in [7, 11) is -7.82. The quantitative estimate of drug-likeness (QED) is 0.651. The zero-order valence-corrected chi connectivity index (χ0v) is 12.5. The number of hydrogen-bond acceptors (Lipinski definition) is 6. The van der Waals surface area contributed by atoms with E-state index in [1.54, 1.807) is 0 Å². The molecule has 0 heterocycles. The number of nitro benzene ring substituents is 1. The minimum atomic E-state index is -3.91. The molecule has 2 rings (SSSR count). The van der Waals surface area contributed by atoms with E-state index in [1.807, 2.05) is 0 Å². The lowest BCUT2D eigenvalue weighted by molar-refractivity contribution is -0.384. The molecule has 10 heteroatoms. The van der Waals surface area contributed by atoms with Crippen molar-refractivity contribution in [3.63, 3.8) is 0 Å². The minimum Gasteiger partial charge on any atom is -0.258 e. The molecule has 22 heavy (non-hydrogen) atoms. The topological polar surface area (TPSA) is 137 Å². The highest BCUT2D eigenvalue weighted by molar-refractivity contribution is 7.91. The fourth-order valence-electron chi connectivity index (χ4n) is 1.69. The number of sulfone groups is 1. The van der Waals surface area contributed by atoms with Gasteiger partial charge in [0.25, 0.3) is 5.69 Å². The number of nitro groups is 1. The van der Waals surface area contributed by atoms with Crippen LogP contribution in [0.4, 0.5) is 5.69 Å². The fourth-order valence-corrected chi connectivity index (χ4v) is 3.47. The van der Waals surface area contributed by atoms with Crippen LogP contribution in [0.5, 0.6) is 0 Å².